The summed E-state index contributed by atoms with van der Waals surface area (Å²) in [5.41, 5.74) is 7.11. The van der Waals surface area contributed by atoms with Crippen LogP contribution in [0.25, 0.3) is 0 Å². The van der Waals surface area contributed by atoms with Crippen molar-refractivity contribution in [2.24, 2.45) is 0 Å². The van der Waals surface area contributed by atoms with Crippen LogP contribution in [0, 0.1) is 34.6 Å². The third-order valence-corrected chi connectivity index (χ3v) is 3.35. The van der Waals surface area contributed by atoms with E-state index in [1.807, 2.05) is 40.8 Å². The summed E-state index contributed by atoms with van der Waals surface area (Å²) in [4.78, 5) is 18.0. The molecule has 0 radical (unpaired) electrons. The number of hydrogen-bond acceptors (Lipinski definition) is 4. The van der Waals surface area contributed by atoms with Gasteiger partial charge < -0.3 is 0 Å². The molecule has 0 aliphatic carbocycles. The van der Waals surface area contributed by atoms with Gasteiger partial charge in [0.15, 0.2) is 0 Å². The van der Waals surface area contributed by atoms with Gasteiger partial charge in [0.1, 0.15) is 0 Å². The SMILES string of the molecule is Cc1cnc(CCc2nc(C)c(C)nc2C)c(C)n1. The Morgan fingerprint density at radius 3 is 1.95 bits per heavy atom. The third kappa shape index (κ3) is 3.13. The summed E-state index contributed by atoms with van der Waals surface area (Å²) in [5, 5.41) is 0. The number of aryl methyl sites for hydroxylation is 7. The lowest BCUT2D eigenvalue weighted by Gasteiger charge is -2.09. The zero-order chi connectivity index (χ0) is 14.0. The van der Waals surface area contributed by atoms with Crippen LogP contribution in [0.2, 0.25) is 0 Å². The molecule has 0 amide bonds. The van der Waals surface area contributed by atoms with Crippen LogP contribution in [-0.2, 0) is 12.8 Å². The van der Waals surface area contributed by atoms with E-state index in [4.69, 9.17) is 0 Å². The van der Waals surface area contributed by atoms with Crippen molar-refractivity contribution in [3.8, 4) is 0 Å². The molecule has 0 N–H and O–H groups in total. The first-order valence-electron chi connectivity index (χ1n) is 6.57. The van der Waals surface area contributed by atoms with E-state index in [1.165, 1.54) is 0 Å². The molecule has 0 saturated carbocycles. The fraction of sp³-hybridized carbons (Fsp3) is 0.467. The van der Waals surface area contributed by atoms with Gasteiger partial charge in [-0.1, -0.05) is 0 Å². The van der Waals surface area contributed by atoms with Gasteiger partial charge in [0.25, 0.3) is 0 Å². The molecule has 0 aromatic carbocycles. The van der Waals surface area contributed by atoms with E-state index < -0.39 is 0 Å². The van der Waals surface area contributed by atoms with Gasteiger partial charge in [0.2, 0.25) is 0 Å². The highest BCUT2D eigenvalue weighted by atomic mass is 14.8. The molecule has 0 aliphatic heterocycles. The highest BCUT2D eigenvalue weighted by Gasteiger charge is 2.08. The Labute approximate surface area is 114 Å². The van der Waals surface area contributed by atoms with Gasteiger partial charge in [-0.15, -0.1) is 0 Å². The predicted octanol–water partition coefficient (Wildman–Crippen LogP) is 2.59. The van der Waals surface area contributed by atoms with Crippen molar-refractivity contribution in [1.29, 1.82) is 0 Å². The van der Waals surface area contributed by atoms with E-state index >= 15 is 0 Å². The molecule has 100 valence electrons. The molecule has 0 atom stereocenters. The Balaban J connectivity index is 2.16. The molecule has 0 aliphatic rings. The van der Waals surface area contributed by atoms with Crippen molar-refractivity contribution >= 4 is 0 Å². The van der Waals surface area contributed by atoms with E-state index in [0.717, 1.165) is 52.7 Å². The van der Waals surface area contributed by atoms with Crippen molar-refractivity contribution in [3.05, 3.63) is 46.1 Å². The first-order chi connectivity index (χ1) is 8.97. The van der Waals surface area contributed by atoms with Crippen LogP contribution < -0.4 is 0 Å². The van der Waals surface area contributed by atoms with E-state index in [1.54, 1.807) is 0 Å². The average Bonchev–Trinajstić information content (AvgIpc) is 2.34. The number of nitrogens with zero attached hydrogens (tertiary/aromatic N) is 4. The van der Waals surface area contributed by atoms with Crippen LogP contribution in [0.5, 0.6) is 0 Å². The summed E-state index contributed by atoms with van der Waals surface area (Å²) in [7, 11) is 0. The third-order valence-electron chi connectivity index (χ3n) is 3.35. The molecule has 19 heavy (non-hydrogen) atoms. The van der Waals surface area contributed by atoms with Gasteiger partial charge in [0.05, 0.1) is 39.9 Å². The largest absolute Gasteiger partial charge is 0.258 e. The summed E-state index contributed by atoms with van der Waals surface area (Å²) in [6.07, 6.45) is 3.54. The molecule has 4 nitrogen and oxygen atoms in total. The molecule has 0 spiro atoms. The van der Waals surface area contributed by atoms with Crippen LogP contribution in [-0.4, -0.2) is 19.9 Å². The Morgan fingerprint density at radius 2 is 1.26 bits per heavy atom. The van der Waals surface area contributed by atoms with E-state index in [2.05, 4.69) is 19.9 Å². The lowest BCUT2D eigenvalue weighted by atomic mass is 10.1. The molecule has 0 bridgehead atoms. The van der Waals surface area contributed by atoms with E-state index in [9.17, 15) is 0 Å². The zero-order valence-corrected chi connectivity index (χ0v) is 12.3. The summed E-state index contributed by atoms with van der Waals surface area (Å²) in [6, 6.07) is 0. The fourth-order valence-electron chi connectivity index (χ4n) is 2.10. The van der Waals surface area contributed by atoms with Gasteiger partial charge in [-0.3, -0.25) is 19.9 Å². The van der Waals surface area contributed by atoms with Crippen molar-refractivity contribution in [3.63, 3.8) is 0 Å². The highest BCUT2D eigenvalue weighted by Crippen LogP contribution is 2.11. The first kappa shape index (κ1) is 13.6. The quantitative estimate of drug-likeness (QED) is 0.847. The normalized spacial score (nSPS) is 10.8. The molecule has 2 heterocycles. The minimum absolute atomic E-state index is 0.858. The zero-order valence-electron chi connectivity index (χ0n) is 12.3. The average molecular weight is 256 g/mol. The molecule has 0 saturated heterocycles. The van der Waals surface area contributed by atoms with E-state index in [0.29, 0.717) is 0 Å². The molecule has 2 rings (SSSR count). The second kappa shape index (κ2) is 5.43. The Hall–Kier alpha value is -1.84. The highest BCUT2D eigenvalue weighted by molar-refractivity contribution is 5.20. The maximum absolute atomic E-state index is 4.62. The van der Waals surface area contributed by atoms with Crippen LogP contribution in [0.1, 0.15) is 39.9 Å². The summed E-state index contributed by atoms with van der Waals surface area (Å²) < 4.78 is 0. The van der Waals surface area contributed by atoms with Crippen LogP contribution in [0.4, 0.5) is 0 Å². The maximum atomic E-state index is 4.62. The lowest BCUT2D eigenvalue weighted by Crippen LogP contribution is -2.06. The first-order valence-corrected chi connectivity index (χ1v) is 6.57. The van der Waals surface area contributed by atoms with Gasteiger partial charge in [-0.25, -0.2) is 0 Å². The molecule has 0 fully saturated rings. The monoisotopic (exact) mass is 256 g/mol. The minimum atomic E-state index is 0.858. The summed E-state index contributed by atoms with van der Waals surface area (Å²) in [6.45, 7) is 9.98. The van der Waals surface area contributed by atoms with E-state index in [-0.39, 0.29) is 0 Å². The second-order valence-electron chi connectivity index (χ2n) is 4.97. The van der Waals surface area contributed by atoms with Gasteiger partial charge >= 0.3 is 0 Å². The van der Waals surface area contributed by atoms with Gasteiger partial charge in [-0.05, 0) is 47.5 Å². The number of rotatable bonds is 3. The lowest BCUT2D eigenvalue weighted by molar-refractivity contribution is 0.813. The van der Waals surface area contributed by atoms with Crippen LogP contribution in [0.15, 0.2) is 6.20 Å². The smallest absolute Gasteiger partial charge is 0.0623 e. The van der Waals surface area contributed by atoms with Gasteiger partial charge in [0, 0.05) is 6.20 Å². The summed E-state index contributed by atoms with van der Waals surface area (Å²) >= 11 is 0. The van der Waals surface area contributed by atoms with Crippen LogP contribution in [0.3, 0.4) is 0 Å². The summed E-state index contributed by atoms with van der Waals surface area (Å²) in [5.74, 6) is 0. The van der Waals surface area contributed by atoms with Gasteiger partial charge in [-0.2, -0.15) is 0 Å². The Bertz CT molecular complexity index is 605. The predicted molar refractivity (Wildman–Crippen MR) is 75.2 cm³/mol. The van der Waals surface area contributed by atoms with Crippen LogP contribution >= 0.6 is 0 Å². The Kier molecular flexibility index (Phi) is 3.88. The molecule has 0 unspecified atom stereocenters. The van der Waals surface area contributed by atoms with Crippen molar-refractivity contribution < 1.29 is 0 Å². The minimum Gasteiger partial charge on any atom is -0.258 e. The topological polar surface area (TPSA) is 51.6 Å². The molecule has 2 aromatic rings. The fourth-order valence-corrected chi connectivity index (χ4v) is 2.10. The van der Waals surface area contributed by atoms with Crippen molar-refractivity contribution in [1.82, 2.24) is 19.9 Å². The number of aromatic nitrogens is 4. The molecular formula is C15H20N4. The van der Waals surface area contributed by atoms with Crippen molar-refractivity contribution in [2.75, 3.05) is 0 Å². The second-order valence-corrected chi connectivity index (χ2v) is 4.97. The molecule has 4 heteroatoms. The Morgan fingerprint density at radius 1 is 0.684 bits per heavy atom. The maximum Gasteiger partial charge on any atom is 0.0623 e. The van der Waals surface area contributed by atoms with Crippen molar-refractivity contribution in [2.45, 2.75) is 47.5 Å². The molecule has 2 aromatic heterocycles. The molecular weight excluding hydrogens is 236 g/mol. The number of hydrogen-bond donors (Lipinski definition) is 0. The standard InChI is InChI=1S/C15H20N4/c1-9-8-16-14(12(4)17-9)6-7-15-13(5)18-10(2)11(3)19-15/h8H,6-7H2,1-5H3.